The van der Waals surface area contributed by atoms with E-state index in [2.05, 4.69) is 20.3 Å². The first-order chi connectivity index (χ1) is 16.0. The molecule has 16 nitrogen and oxygen atoms in total. The van der Waals surface area contributed by atoms with Crippen LogP contribution in [-0.2, 0) is 39.0 Å². The number of imide groups is 2. The smallest absolute Gasteiger partial charge is 0.320 e. The van der Waals surface area contributed by atoms with Gasteiger partial charge in [0.05, 0.1) is 0 Å². The standard InChI is InChI=1S/C17H25N5O11S/c23-12-3-4-13(24)21(12)32-16(27)18-7-1-9-20(11-34(29,30)31)10-2-8-19-17(28)33-22-14(25)5-6-15(22)26/h1-11H2,(H,18,27)(H,19,28)(H,29,30,31). The van der Waals surface area contributed by atoms with E-state index in [0.29, 0.717) is 10.1 Å². The molecule has 0 saturated carbocycles. The van der Waals surface area contributed by atoms with E-state index >= 15 is 0 Å². The van der Waals surface area contributed by atoms with Gasteiger partial charge >= 0.3 is 12.2 Å². The summed E-state index contributed by atoms with van der Waals surface area (Å²) in [5.74, 6) is -3.22. The van der Waals surface area contributed by atoms with E-state index < -0.39 is 51.8 Å². The number of rotatable bonds is 12. The molecule has 0 aromatic carbocycles. The number of nitrogens with one attached hydrogen (secondary N) is 2. The van der Waals surface area contributed by atoms with E-state index in [9.17, 15) is 37.2 Å². The SMILES string of the molecule is O=C(NCCCN(CCCNC(=O)ON1C(=O)CCC1=O)CS(=O)(=O)O)ON1C(=O)CCC1=O. The molecule has 2 saturated heterocycles. The molecule has 0 spiro atoms. The fourth-order valence-corrected chi connectivity index (χ4v) is 3.72. The fraction of sp³-hybridized carbons (Fsp3) is 0.647. The van der Waals surface area contributed by atoms with Gasteiger partial charge < -0.3 is 20.3 Å². The van der Waals surface area contributed by atoms with E-state index in [0.717, 1.165) is 0 Å². The summed E-state index contributed by atoms with van der Waals surface area (Å²) < 4.78 is 31.6. The number of hydroxylamine groups is 4. The minimum Gasteiger partial charge on any atom is -0.320 e. The molecule has 0 unspecified atom stereocenters. The average molecular weight is 507 g/mol. The third-order valence-corrected chi connectivity index (χ3v) is 5.24. The summed E-state index contributed by atoms with van der Waals surface area (Å²) >= 11 is 0. The highest BCUT2D eigenvalue weighted by atomic mass is 32.2. The lowest BCUT2D eigenvalue weighted by atomic mass is 10.3. The molecule has 17 heteroatoms. The van der Waals surface area contributed by atoms with E-state index in [1.807, 2.05) is 0 Å². The van der Waals surface area contributed by atoms with Gasteiger partial charge in [-0.1, -0.05) is 0 Å². The van der Waals surface area contributed by atoms with E-state index in [1.54, 1.807) is 0 Å². The van der Waals surface area contributed by atoms with Gasteiger partial charge in [0.1, 0.15) is 5.88 Å². The van der Waals surface area contributed by atoms with Gasteiger partial charge in [-0.3, -0.25) is 28.6 Å². The Morgan fingerprint density at radius 3 is 1.47 bits per heavy atom. The second-order valence-electron chi connectivity index (χ2n) is 7.31. The van der Waals surface area contributed by atoms with Crippen LogP contribution in [-0.4, -0.2) is 95.9 Å². The third-order valence-electron chi connectivity index (χ3n) is 4.55. The number of nitrogens with zero attached hydrogens (tertiary/aromatic N) is 3. The number of hydrogen-bond donors (Lipinski definition) is 3. The Hall–Kier alpha value is -3.31. The summed E-state index contributed by atoms with van der Waals surface area (Å²) in [7, 11) is -4.35. The molecule has 190 valence electrons. The Bertz CT molecular complexity index is 848. The van der Waals surface area contributed by atoms with Crippen molar-refractivity contribution in [3.8, 4) is 0 Å². The fourth-order valence-electron chi connectivity index (χ4n) is 3.00. The van der Waals surface area contributed by atoms with E-state index in [1.165, 1.54) is 4.90 Å². The molecule has 0 aromatic heterocycles. The highest BCUT2D eigenvalue weighted by molar-refractivity contribution is 7.85. The lowest BCUT2D eigenvalue weighted by molar-refractivity contribution is -0.172. The summed E-state index contributed by atoms with van der Waals surface area (Å²) in [5, 5.41) is 5.39. The van der Waals surface area contributed by atoms with Crippen molar-refractivity contribution in [1.82, 2.24) is 25.7 Å². The van der Waals surface area contributed by atoms with Crippen molar-refractivity contribution in [2.24, 2.45) is 0 Å². The number of carbonyl (C=O) groups excluding carboxylic acids is 6. The van der Waals surface area contributed by atoms with Gasteiger partial charge in [0, 0.05) is 51.9 Å². The first-order valence-electron chi connectivity index (χ1n) is 10.3. The molecule has 0 radical (unpaired) electrons. The van der Waals surface area contributed by atoms with Crippen LogP contribution in [0.4, 0.5) is 9.59 Å². The van der Waals surface area contributed by atoms with Crippen molar-refractivity contribution in [3.05, 3.63) is 0 Å². The summed E-state index contributed by atoms with van der Waals surface area (Å²) in [6.07, 6.45) is -1.78. The maximum absolute atomic E-state index is 11.7. The Kier molecular flexibility index (Phi) is 9.69. The van der Waals surface area contributed by atoms with Crippen molar-refractivity contribution < 1.29 is 51.4 Å². The van der Waals surface area contributed by atoms with Gasteiger partial charge in [-0.15, -0.1) is 10.1 Å². The van der Waals surface area contributed by atoms with Crippen molar-refractivity contribution in [1.29, 1.82) is 0 Å². The van der Waals surface area contributed by atoms with Crippen LogP contribution in [0.5, 0.6) is 0 Å². The van der Waals surface area contributed by atoms with Gasteiger partial charge in [0.2, 0.25) is 0 Å². The highest BCUT2D eigenvalue weighted by Crippen LogP contribution is 2.12. The summed E-state index contributed by atoms with van der Waals surface area (Å²) in [6.45, 7) is 0.255. The third kappa shape index (κ3) is 8.91. The summed E-state index contributed by atoms with van der Waals surface area (Å²) in [6, 6.07) is 0. The molecule has 6 amide bonds. The van der Waals surface area contributed by atoms with Gasteiger partial charge in [0.15, 0.2) is 0 Å². The predicted molar refractivity (Wildman–Crippen MR) is 108 cm³/mol. The largest absolute Gasteiger partial charge is 0.432 e. The zero-order chi connectivity index (χ0) is 25.3. The molecule has 3 N–H and O–H groups in total. The highest BCUT2D eigenvalue weighted by Gasteiger charge is 2.33. The van der Waals surface area contributed by atoms with Crippen LogP contribution in [0.25, 0.3) is 0 Å². The molecule has 2 aliphatic heterocycles. The van der Waals surface area contributed by atoms with Gasteiger partial charge in [-0.25, -0.2) is 9.59 Å². The van der Waals surface area contributed by atoms with Crippen LogP contribution in [0.2, 0.25) is 0 Å². The van der Waals surface area contributed by atoms with Crippen molar-refractivity contribution in [2.75, 3.05) is 32.1 Å². The topological polar surface area (TPSA) is 209 Å². The Balaban J connectivity index is 1.67. The van der Waals surface area contributed by atoms with Crippen LogP contribution < -0.4 is 10.6 Å². The van der Waals surface area contributed by atoms with Crippen LogP contribution in [0.1, 0.15) is 38.5 Å². The molecule has 2 fully saturated rings. The van der Waals surface area contributed by atoms with E-state index in [4.69, 9.17) is 4.55 Å². The Labute approximate surface area is 194 Å². The molecule has 0 aliphatic carbocycles. The minimum absolute atomic E-state index is 0.0134. The number of amides is 6. The van der Waals surface area contributed by atoms with Crippen molar-refractivity contribution in [2.45, 2.75) is 38.5 Å². The normalized spacial score (nSPS) is 16.4. The lowest BCUT2D eigenvalue weighted by Crippen LogP contribution is -2.39. The summed E-state index contributed by atoms with van der Waals surface area (Å²) in [4.78, 5) is 79.5. The van der Waals surface area contributed by atoms with Crippen LogP contribution in [0.3, 0.4) is 0 Å². The molecule has 0 bridgehead atoms. The Morgan fingerprint density at radius 1 is 0.794 bits per heavy atom. The first-order valence-corrected chi connectivity index (χ1v) is 11.9. The maximum Gasteiger partial charge on any atom is 0.432 e. The van der Waals surface area contributed by atoms with Gasteiger partial charge in [-0.05, 0) is 12.8 Å². The molecular weight excluding hydrogens is 482 g/mol. The maximum atomic E-state index is 11.7. The monoisotopic (exact) mass is 507 g/mol. The van der Waals surface area contributed by atoms with E-state index in [-0.39, 0.29) is 64.7 Å². The molecule has 2 aliphatic rings. The molecular formula is C17H25N5O11S. The van der Waals surface area contributed by atoms with Crippen molar-refractivity contribution in [3.63, 3.8) is 0 Å². The van der Waals surface area contributed by atoms with Crippen molar-refractivity contribution >= 4 is 45.9 Å². The van der Waals surface area contributed by atoms with Crippen LogP contribution >= 0.6 is 0 Å². The second kappa shape index (κ2) is 12.2. The van der Waals surface area contributed by atoms with Gasteiger partial charge in [-0.2, -0.15) is 8.42 Å². The van der Waals surface area contributed by atoms with Gasteiger partial charge in [0.25, 0.3) is 33.7 Å². The zero-order valence-electron chi connectivity index (χ0n) is 18.1. The van der Waals surface area contributed by atoms with Crippen LogP contribution in [0, 0.1) is 0 Å². The zero-order valence-corrected chi connectivity index (χ0v) is 18.9. The second-order valence-corrected chi connectivity index (χ2v) is 8.73. The lowest BCUT2D eigenvalue weighted by Gasteiger charge is -2.21. The molecule has 2 rings (SSSR count). The predicted octanol–water partition coefficient (Wildman–Crippen LogP) is -1.51. The first kappa shape index (κ1) is 26.9. The molecule has 0 aromatic rings. The molecule has 2 heterocycles. The average Bonchev–Trinajstić information content (AvgIpc) is 3.23. The molecule has 0 atom stereocenters. The Morgan fingerprint density at radius 2 is 1.15 bits per heavy atom. The minimum atomic E-state index is -4.35. The van der Waals surface area contributed by atoms with Crippen LogP contribution in [0.15, 0.2) is 0 Å². The quantitative estimate of drug-likeness (QED) is 0.156. The number of hydrogen-bond acceptors (Lipinski definition) is 11. The number of carbonyl (C=O) groups is 6. The summed E-state index contributed by atoms with van der Waals surface area (Å²) in [5.41, 5.74) is 0. The molecule has 34 heavy (non-hydrogen) atoms.